The molecule has 0 aliphatic rings. The van der Waals surface area contributed by atoms with Crippen LogP contribution in [0.5, 0.6) is 17.2 Å². The normalized spacial score (nSPS) is 10.7. The van der Waals surface area contributed by atoms with Crippen LogP contribution in [0.1, 0.15) is 40.1 Å². The highest BCUT2D eigenvalue weighted by Gasteiger charge is 2.33. The van der Waals surface area contributed by atoms with Crippen molar-refractivity contribution in [2.75, 3.05) is 35.5 Å². The lowest BCUT2D eigenvalue weighted by Gasteiger charge is -2.20. The summed E-state index contributed by atoms with van der Waals surface area (Å²) in [4.78, 5) is 24.7. The van der Waals surface area contributed by atoms with Crippen LogP contribution >= 0.6 is 0 Å². The Kier molecular flexibility index (Phi) is 7.29. The Bertz CT molecular complexity index is 629. The number of carbonyl (C=O) groups is 2. The van der Waals surface area contributed by atoms with Gasteiger partial charge in [0.2, 0.25) is 0 Å². The molecule has 25 heavy (non-hydrogen) atoms. The van der Waals surface area contributed by atoms with Crippen molar-refractivity contribution in [2.45, 2.75) is 13.8 Å². The number of methoxy groups -OCH3 is 5. The van der Waals surface area contributed by atoms with Crippen molar-refractivity contribution >= 4 is 18.0 Å². The lowest BCUT2D eigenvalue weighted by molar-refractivity contribution is 0.0586. The van der Waals surface area contributed by atoms with E-state index in [9.17, 15) is 9.59 Å². The molecule has 1 aromatic carbocycles. The molecular formula is C18H24O7. The standard InChI is InChI=1S/C18H24O7/c1-10(2)8-9-11-14(21-3)12(17(19)24-6)16(23-5)13(15(11)22-4)18(20)25-7/h8-10H,1-7H3/b9-8+. The summed E-state index contributed by atoms with van der Waals surface area (Å²) >= 11 is 0. The predicted octanol–water partition coefficient (Wildman–Crippen LogP) is 2.95. The zero-order valence-corrected chi connectivity index (χ0v) is 15.6. The first-order valence-electron chi connectivity index (χ1n) is 7.58. The van der Waals surface area contributed by atoms with Gasteiger partial charge >= 0.3 is 11.9 Å². The fourth-order valence-electron chi connectivity index (χ4n) is 2.35. The van der Waals surface area contributed by atoms with Crippen LogP contribution in [0.4, 0.5) is 0 Å². The molecule has 0 saturated heterocycles. The van der Waals surface area contributed by atoms with Gasteiger partial charge in [0.25, 0.3) is 0 Å². The van der Waals surface area contributed by atoms with E-state index in [1.807, 2.05) is 19.9 Å². The number of rotatable bonds is 7. The first-order valence-corrected chi connectivity index (χ1v) is 7.58. The smallest absolute Gasteiger partial charge is 0.345 e. The minimum Gasteiger partial charge on any atom is -0.495 e. The second-order valence-corrected chi connectivity index (χ2v) is 5.35. The molecule has 0 aliphatic heterocycles. The van der Waals surface area contributed by atoms with Gasteiger partial charge in [-0.2, -0.15) is 0 Å². The van der Waals surface area contributed by atoms with Crippen molar-refractivity contribution in [3.8, 4) is 17.2 Å². The molecule has 0 amide bonds. The number of esters is 2. The van der Waals surface area contributed by atoms with Crippen molar-refractivity contribution in [3.63, 3.8) is 0 Å². The maximum absolute atomic E-state index is 12.3. The highest BCUT2D eigenvalue weighted by Crippen LogP contribution is 2.45. The van der Waals surface area contributed by atoms with Crippen LogP contribution in [0.2, 0.25) is 0 Å². The molecule has 0 radical (unpaired) electrons. The molecule has 1 aromatic rings. The maximum atomic E-state index is 12.3. The number of hydrogen-bond donors (Lipinski definition) is 0. The molecule has 0 N–H and O–H groups in total. The molecule has 7 nitrogen and oxygen atoms in total. The Morgan fingerprint density at radius 2 is 1.16 bits per heavy atom. The lowest BCUT2D eigenvalue weighted by atomic mass is 9.98. The van der Waals surface area contributed by atoms with Crippen molar-refractivity contribution in [1.82, 2.24) is 0 Å². The van der Waals surface area contributed by atoms with Crippen LogP contribution < -0.4 is 14.2 Å². The van der Waals surface area contributed by atoms with E-state index in [-0.39, 0.29) is 34.3 Å². The number of benzene rings is 1. The van der Waals surface area contributed by atoms with E-state index < -0.39 is 11.9 Å². The topological polar surface area (TPSA) is 80.3 Å². The summed E-state index contributed by atoms with van der Waals surface area (Å²) in [5.41, 5.74) is 0.384. The van der Waals surface area contributed by atoms with E-state index in [2.05, 4.69) is 0 Å². The van der Waals surface area contributed by atoms with E-state index >= 15 is 0 Å². The summed E-state index contributed by atoms with van der Waals surface area (Å²) in [5.74, 6) is -0.856. The van der Waals surface area contributed by atoms with Crippen LogP contribution in [0, 0.1) is 5.92 Å². The van der Waals surface area contributed by atoms with Crippen LogP contribution in [-0.4, -0.2) is 47.5 Å². The number of allylic oxidation sites excluding steroid dienone is 1. The second kappa shape index (κ2) is 8.96. The van der Waals surface area contributed by atoms with Gasteiger partial charge in [-0.25, -0.2) is 9.59 Å². The van der Waals surface area contributed by atoms with E-state index in [0.717, 1.165) is 0 Å². The average molecular weight is 352 g/mol. The molecule has 0 unspecified atom stereocenters. The molecule has 1 rings (SSSR count). The minimum atomic E-state index is -0.708. The van der Waals surface area contributed by atoms with Gasteiger partial charge in [-0.15, -0.1) is 0 Å². The van der Waals surface area contributed by atoms with Gasteiger partial charge in [-0.05, 0) is 5.92 Å². The summed E-state index contributed by atoms with van der Waals surface area (Å²) in [5, 5.41) is 0. The van der Waals surface area contributed by atoms with Crippen molar-refractivity contribution in [1.29, 1.82) is 0 Å². The zero-order valence-electron chi connectivity index (χ0n) is 15.6. The quantitative estimate of drug-likeness (QED) is 0.698. The number of hydrogen-bond acceptors (Lipinski definition) is 7. The molecule has 138 valence electrons. The minimum absolute atomic E-state index is 0.0166. The summed E-state index contributed by atoms with van der Waals surface area (Å²) in [6.45, 7) is 3.98. The summed E-state index contributed by atoms with van der Waals surface area (Å²) in [6.07, 6.45) is 3.61. The van der Waals surface area contributed by atoms with Gasteiger partial charge in [0.1, 0.15) is 22.6 Å². The molecule has 0 saturated carbocycles. The third kappa shape index (κ3) is 4.04. The van der Waals surface area contributed by atoms with E-state index in [1.54, 1.807) is 6.08 Å². The SMILES string of the molecule is COC(=O)c1c(OC)c(/C=C/C(C)C)c(OC)c(C(=O)OC)c1OC. The monoisotopic (exact) mass is 352 g/mol. The molecule has 0 heterocycles. The summed E-state index contributed by atoms with van der Waals surface area (Å²) < 4.78 is 25.8. The van der Waals surface area contributed by atoms with Gasteiger partial charge in [0, 0.05) is 0 Å². The number of carbonyl (C=O) groups excluding carboxylic acids is 2. The first-order chi connectivity index (χ1) is 11.9. The van der Waals surface area contributed by atoms with E-state index in [4.69, 9.17) is 23.7 Å². The Hall–Kier alpha value is -2.70. The number of ether oxygens (including phenoxy) is 5. The Labute approximate surface area is 147 Å². The Morgan fingerprint density at radius 1 is 0.760 bits per heavy atom. The lowest BCUT2D eigenvalue weighted by Crippen LogP contribution is -2.15. The Balaban J connectivity index is 4.04. The molecule has 0 bridgehead atoms. The van der Waals surface area contributed by atoms with Crippen LogP contribution in [0.25, 0.3) is 6.08 Å². The summed E-state index contributed by atoms with van der Waals surface area (Å²) in [7, 11) is 6.60. The first kappa shape index (κ1) is 20.3. The third-order valence-electron chi connectivity index (χ3n) is 3.44. The fraction of sp³-hybridized carbons (Fsp3) is 0.444. The molecular weight excluding hydrogens is 328 g/mol. The molecule has 0 fully saturated rings. The van der Waals surface area contributed by atoms with Gasteiger partial charge in [-0.1, -0.05) is 26.0 Å². The van der Waals surface area contributed by atoms with Crippen molar-refractivity contribution in [2.24, 2.45) is 5.92 Å². The van der Waals surface area contributed by atoms with Gasteiger partial charge in [0.05, 0.1) is 41.1 Å². The largest absolute Gasteiger partial charge is 0.495 e. The van der Waals surface area contributed by atoms with Crippen LogP contribution in [-0.2, 0) is 9.47 Å². The van der Waals surface area contributed by atoms with Crippen molar-refractivity contribution in [3.05, 3.63) is 22.8 Å². The molecule has 0 spiro atoms. The van der Waals surface area contributed by atoms with E-state index in [0.29, 0.717) is 5.56 Å². The third-order valence-corrected chi connectivity index (χ3v) is 3.44. The van der Waals surface area contributed by atoms with E-state index in [1.165, 1.54) is 35.5 Å². The van der Waals surface area contributed by atoms with Gasteiger partial charge in [0.15, 0.2) is 5.75 Å². The highest BCUT2D eigenvalue weighted by atomic mass is 16.5. The van der Waals surface area contributed by atoms with Crippen LogP contribution in [0.15, 0.2) is 6.08 Å². The molecule has 7 heteroatoms. The molecule has 0 aliphatic carbocycles. The second-order valence-electron chi connectivity index (χ2n) is 5.35. The molecule has 0 aromatic heterocycles. The molecule has 0 atom stereocenters. The highest BCUT2D eigenvalue weighted by molar-refractivity contribution is 6.06. The van der Waals surface area contributed by atoms with Gasteiger partial charge in [-0.3, -0.25) is 0 Å². The van der Waals surface area contributed by atoms with Gasteiger partial charge < -0.3 is 23.7 Å². The van der Waals surface area contributed by atoms with Crippen molar-refractivity contribution < 1.29 is 33.3 Å². The zero-order chi connectivity index (χ0) is 19.1. The average Bonchev–Trinajstić information content (AvgIpc) is 2.62. The maximum Gasteiger partial charge on any atom is 0.345 e. The Morgan fingerprint density at radius 3 is 1.44 bits per heavy atom. The fourth-order valence-corrected chi connectivity index (χ4v) is 2.35. The summed E-state index contributed by atoms with van der Waals surface area (Å²) in [6, 6.07) is 0. The predicted molar refractivity (Wildman–Crippen MR) is 92.6 cm³/mol. The van der Waals surface area contributed by atoms with Crippen LogP contribution in [0.3, 0.4) is 0 Å².